The lowest BCUT2D eigenvalue weighted by Gasteiger charge is -2.10. The summed E-state index contributed by atoms with van der Waals surface area (Å²) in [5.74, 6) is -1.37. The van der Waals surface area contributed by atoms with Crippen molar-refractivity contribution in [2.45, 2.75) is 0 Å². The summed E-state index contributed by atoms with van der Waals surface area (Å²) in [6.45, 7) is 0. The number of nitrogens with two attached hydrogens (primary N) is 1. The lowest BCUT2D eigenvalue weighted by Crippen LogP contribution is -2.06. The molecule has 0 fully saturated rings. The van der Waals surface area contributed by atoms with Crippen LogP contribution in [0.5, 0.6) is 11.5 Å². The molecule has 2 aromatic carbocycles. The van der Waals surface area contributed by atoms with E-state index in [-0.39, 0.29) is 50.3 Å². The summed E-state index contributed by atoms with van der Waals surface area (Å²) in [7, 11) is 1.49. The minimum Gasteiger partial charge on any atom is -0.507 e. The van der Waals surface area contributed by atoms with E-state index in [2.05, 4.69) is 4.98 Å². The average Bonchev–Trinajstić information content (AvgIpc) is 2.67. The number of ether oxygens (including phenoxy) is 1. The maximum atomic E-state index is 12.8. The van der Waals surface area contributed by atoms with E-state index in [0.717, 1.165) is 0 Å². The van der Waals surface area contributed by atoms with Crippen molar-refractivity contribution in [2.75, 3.05) is 12.8 Å². The van der Waals surface area contributed by atoms with Gasteiger partial charge in [0.2, 0.25) is 0 Å². The summed E-state index contributed by atoms with van der Waals surface area (Å²) in [5.41, 5.74) is 6.53. The lowest BCUT2D eigenvalue weighted by molar-refractivity contribution is 0.0697. The molecule has 0 aliphatic carbocycles. The van der Waals surface area contributed by atoms with Gasteiger partial charge in [-0.1, -0.05) is 11.6 Å². The van der Waals surface area contributed by atoms with Crippen molar-refractivity contribution in [2.24, 2.45) is 0 Å². The predicted octanol–water partition coefficient (Wildman–Crippen LogP) is 3.63. The monoisotopic (exact) mass is 398 g/mol. The molecule has 142 valence electrons. The van der Waals surface area contributed by atoms with Crippen molar-refractivity contribution in [3.63, 3.8) is 0 Å². The van der Waals surface area contributed by atoms with Crippen LogP contribution in [0.2, 0.25) is 5.02 Å². The summed E-state index contributed by atoms with van der Waals surface area (Å²) in [6, 6.07) is 11.6. The van der Waals surface area contributed by atoms with E-state index in [4.69, 9.17) is 27.2 Å². The zero-order valence-electron chi connectivity index (χ0n) is 14.6. The Labute approximate surface area is 165 Å². The van der Waals surface area contributed by atoms with Crippen LogP contribution in [0.1, 0.15) is 26.3 Å². The average molecular weight is 399 g/mol. The molecule has 0 aliphatic rings. The topological polar surface area (TPSA) is 123 Å². The van der Waals surface area contributed by atoms with Gasteiger partial charge in [-0.15, -0.1) is 0 Å². The molecular weight excluding hydrogens is 384 g/mol. The zero-order valence-corrected chi connectivity index (χ0v) is 15.4. The second-order valence-electron chi connectivity index (χ2n) is 5.84. The number of methoxy groups -OCH3 is 1. The normalized spacial score (nSPS) is 10.5. The highest BCUT2D eigenvalue weighted by Gasteiger charge is 2.18. The highest BCUT2D eigenvalue weighted by molar-refractivity contribution is 6.35. The van der Waals surface area contributed by atoms with Crippen LogP contribution in [0.15, 0.2) is 48.5 Å². The minimum absolute atomic E-state index is 0.132. The third-order valence-corrected chi connectivity index (χ3v) is 4.42. The number of hydrogen-bond donors (Lipinski definition) is 3. The Hall–Kier alpha value is -3.58. The van der Waals surface area contributed by atoms with Crippen LogP contribution in [0.4, 0.5) is 5.82 Å². The Bertz CT molecular complexity index is 1100. The van der Waals surface area contributed by atoms with Crippen LogP contribution in [0.3, 0.4) is 0 Å². The molecule has 3 rings (SSSR count). The third kappa shape index (κ3) is 3.60. The van der Waals surface area contributed by atoms with E-state index < -0.39 is 5.97 Å². The minimum atomic E-state index is -1.21. The molecule has 0 unspecified atom stereocenters. The molecule has 0 amide bonds. The maximum Gasteiger partial charge on any atom is 0.339 e. The van der Waals surface area contributed by atoms with Crippen molar-refractivity contribution in [1.82, 2.24) is 4.98 Å². The van der Waals surface area contributed by atoms with Crippen molar-refractivity contribution >= 4 is 29.2 Å². The van der Waals surface area contributed by atoms with Crippen LogP contribution >= 0.6 is 11.6 Å². The molecule has 7 nitrogen and oxygen atoms in total. The molecule has 0 aliphatic heterocycles. The number of nitrogens with zero attached hydrogens (tertiary/aromatic N) is 1. The molecule has 0 bridgehead atoms. The third-order valence-electron chi connectivity index (χ3n) is 4.11. The molecule has 8 heteroatoms. The number of aromatic hydroxyl groups is 1. The number of carbonyl (C=O) groups excluding carboxylic acids is 1. The molecule has 28 heavy (non-hydrogen) atoms. The second kappa shape index (κ2) is 7.58. The number of phenols is 1. The first-order chi connectivity index (χ1) is 13.3. The number of nitrogen functional groups attached to an aromatic ring is 1. The van der Waals surface area contributed by atoms with Gasteiger partial charge in [0, 0.05) is 16.7 Å². The first kappa shape index (κ1) is 19.2. The number of phenolic OH excluding ortho intramolecular Hbond substituents is 1. The number of ketones is 1. The number of benzene rings is 2. The van der Waals surface area contributed by atoms with Gasteiger partial charge in [-0.25, -0.2) is 9.78 Å². The predicted molar refractivity (Wildman–Crippen MR) is 104 cm³/mol. The number of pyridine rings is 1. The molecule has 0 spiro atoms. The first-order valence-electron chi connectivity index (χ1n) is 8.03. The van der Waals surface area contributed by atoms with Gasteiger partial charge in [-0.05, 0) is 48.5 Å². The van der Waals surface area contributed by atoms with Gasteiger partial charge in [-0.3, -0.25) is 4.79 Å². The van der Waals surface area contributed by atoms with E-state index in [1.807, 2.05) is 0 Å². The molecule has 0 saturated heterocycles. The van der Waals surface area contributed by atoms with E-state index in [9.17, 15) is 14.7 Å². The summed E-state index contributed by atoms with van der Waals surface area (Å²) in [5, 5.41) is 19.5. The summed E-state index contributed by atoms with van der Waals surface area (Å²) >= 11 is 6.17. The molecule has 0 radical (unpaired) electrons. The number of carboxylic acid groups (broad SMARTS) is 1. The number of carbonyl (C=O) groups is 2. The summed E-state index contributed by atoms with van der Waals surface area (Å²) in [6.07, 6.45) is 0. The Morgan fingerprint density at radius 1 is 1.07 bits per heavy atom. The Morgan fingerprint density at radius 3 is 2.39 bits per heavy atom. The number of halogens is 1. The number of aromatic nitrogens is 1. The fraction of sp³-hybridized carbons (Fsp3) is 0.0500. The summed E-state index contributed by atoms with van der Waals surface area (Å²) < 4.78 is 5.08. The lowest BCUT2D eigenvalue weighted by atomic mass is 9.99. The summed E-state index contributed by atoms with van der Waals surface area (Å²) in [4.78, 5) is 27.9. The van der Waals surface area contributed by atoms with Crippen LogP contribution < -0.4 is 10.5 Å². The zero-order chi connectivity index (χ0) is 20.4. The molecule has 1 heterocycles. The first-order valence-corrected chi connectivity index (χ1v) is 8.41. The molecular formula is C20H15ClN2O5. The number of hydrogen-bond acceptors (Lipinski definition) is 6. The number of anilines is 1. The SMILES string of the molecule is COc1ccc(C(=O)c2ccc(O)c(-c3ccc(C(=O)O)c(N)n3)c2)c(Cl)c1. The van der Waals surface area contributed by atoms with Gasteiger partial charge in [0.15, 0.2) is 5.78 Å². The fourth-order valence-electron chi connectivity index (χ4n) is 2.65. The van der Waals surface area contributed by atoms with E-state index in [0.29, 0.717) is 5.75 Å². The van der Waals surface area contributed by atoms with Gasteiger partial charge in [-0.2, -0.15) is 0 Å². The van der Waals surface area contributed by atoms with Gasteiger partial charge >= 0.3 is 5.97 Å². The molecule has 3 aromatic rings. The van der Waals surface area contributed by atoms with Crippen molar-refractivity contribution in [1.29, 1.82) is 0 Å². The highest BCUT2D eigenvalue weighted by Crippen LogP contribution is 2.32. The number of rotatable bonds is 5. The van der Waals surface area contributed by atoms with Crippen LogP contribution in [0, 0.1) is 0 Å². The van der Waals surface area contributed by atoms with Crippen LogP contribution in [-0.4, -0.2) is 34.1 Å². The van der Waals surface area contributed by atoms with E-state index >= 15 is 0 Å². The van der Waals surface area contributed by atoms with Crippen molar-refractivity contribution in [3.05, 3.63) is 70.2 Å². The number of carboxylic acids is 1. The Kier molecular flexibility index (Phi) is 5.19. The molecule has 0 saturated carbocycles. The van der Waals surface area contributed by atoms with E-state index in [1.165, 1.54) is 43.5 Å². The second-order valence-corrected chi connectivity index (χ2v) is 6.25. The van der Waals surface area contributed by atoms with Crippen LogP contribution in [-0.2, 0) is 0 Å². The molecule has 1 aromatic heterocycles. The maximum absolute atomic E-state index is 12.8. The standard InChI is InChI=1S/C20H15ClN2O5/c1-28-11-3-4-12(15(21)9-11)18(25)10-2-7-17(24)14(8-10)16-6-5-13(20(26)27)19(22)23-16/h2-9,24H,1H3,(H2,22,23)(H,26,27). The molecule has 4 N–H and O–H groups in total. The highest BCUT2D eigenvalue weighted by atomic mass is 35.5. The van der Waals surface area contributed by atoms with Gasteiger partial charge < -0.3 is 20.7 Å². The van der Waals surface area contributed by atoms with Crippen molar-refractivity contribution in [3.8, 4) is 22.8 Å². The van der Waals surface area contributed by atoms with Gasteiger partial charge in [0.1, 0.15) is 22.9 Å². The Balaban J connectivity index is 2.03. The van der Waals surface area contributed by atoms with Gasteiger partial charge in [0.25, 0.3) is 0 Å². The molecule has 0 atom stereocenters. The quantitative estimate of drug-likeness (QED) is 0.561. The number of aromatic carboxylic acids is 1. The fourth-order valence-corrected chi connectivity index (χ4v) is 2.91. The largest absolute Gasteiger partial charge is 0.507 e. The van der Waals surface area contributed by atoms with Crippen molar-refractivity contribution < 1.29 is 24.5 Å². The van der Waals surface area contributed by atoms with Gasteiger partial charge in [0.05, 0.1) is 17.8 Å². The smallest absolute Gasteiger partial charge is 0.339 e. The van der Waals surface area contributed by atoms with E-state index in [1.54, 1.807) is 12.1 Å². The van der Waals surface area contributed by atoms with Crippen LogP contribution in [0.25, 0.3) is 11.3 Å². The Morgan fingerprint density at radius 2 is 1.79 bits per heavy atom.